The van der Waals surface area contributed by atoms with Crippen molar-refractivity contribution in [3.05, 3.63) is 108 Å². The van der Waals surface area contributed by atoms with E-state index in [1.165, 1.54) is 6.20 Å². The Balaban J connectivity index is 1.32. The summed E-state index contributed by atoms with van der Waals surface area (Å²) in [5.74, 6) is 0.311. The van der Waals surface area contributed by atoms with Crippen LogP contribution in [-0.2, 0) is 13.2 Å². The van der Waals surface area contributed by atoms with Crippen molar-refractivity contribution in [1.29, 1.82) is 0 Å². The van der Waals surface area contributed by atoms with Gasteiger partial charge in [-0.25, -0.2) is 0 Å². The van der Waals surface area contributed by atoms with Gasteiger partial charge in [-0.1, -0.05) is 30.3 Å². The third-order valence-corrected chi connectivity index (χ3v) is 5.97. The standard InChI is InChI=1S/C27H22N4O2S/c28-27(32)20-8-10-24(30-15-20)19-6-4-18(5-7-19)16-31-25-11-9-23(13-21(25)14-26(31)34)33-17-22-3-1-2-12-29-22/h1-15,34H,16-17H2,(H2,28,32). The van der Waals surface area contributed by atoms with Crippen LogP contribution in [-0.4, -0.2) is 20.4 Å². The highest BCUT2D eigenvalue weighted by atomic mass is 32.1. The fraction of sp³-hybridized carbons (Fsp3) is 0.0741. The van der Waals surface area contributed by atoms with Crippen LogP contribution in [0.5, 0.6) is 5.75 Å². The number of rotatable bonds is 7. The van der Waals surface area contributed by atoms with E-state index in [9.17, 15) is 4.79 Å². The first-order chi connectivity index (χ1) is 16.6. The van der Waals surface area contributed by atoms with Crippen molar-refractivity contribution in [2.24, 2.45) is 5.73 Å². The van der Waals surface area contributed by atoms with Crippen LogP contribution in [0, 0.1) is 0 Å². The molecular formula is C27H22N4O2S. The highest BCUT2D eigenvalue weighted by molar-refractivity contribution is 7.80. The molecule has 2 N–H and O–H groups in total. The monoisotopic (exact) mass is 466 g/mol. The summed E-state index contributed by atoms with van der Waals surface area (Å²) in [6, 6.07) is 25.6. The van der Waals surface area contributed by atoms with E-state index in [0.717, 1.165) is 44.2 Å². The minimum atomic E-state index is -0.484. The number of amides is 1. The number of hydrogen-bond acceptors (Lipinski definition) is 5. The minimum absolute atomic E-state index is 0.395. The molecule has 0 saturated carbocycles. The maximum absolute atomic E-state index is 11.2. The van der Waals surface area contributed by atoms with Gasteiger partial charge < -0.3 is 15.0 Å². The van der Waals surface area contributed by atoms with E-state index in [-0.39, 0.29) is 0 Å². The van der Waals surface area contributed by atoms with Crippen LogP contribution >= 0.6 is 12.6 Å². The number of fused-ring (bicyclic) bond motifs is 1. The van der Waals surface area contributed by atoms with Gasteiger partial charge >= 0.3 is 0 Å². The molecule has 0 saturated heterocycles. The molecular weight excluding hydrogens is 444 g/mol. The molecule has 1 amide bonds. The molecule has 7 heteroatoms. The molecule has 5 rings (SSSR count). The lowest BCUT2D eigenvalue weighted by Crippen LogP contribution is -2.10. The number of ether oxygens (including phenoxy) is 1. The molecule has 0 unspecified atom stereocenters. The van der Waals surface area contributed by atoms with Crippen LogP contribution < -0.4 is 10.5 Å². The Morgan fingerprint density at radius 1 is 0.971 bits per heavy atom. The first-order valence-electron chi connectivity index (χ1n) is 10.8. The Hall–Kier alpha value is -4.10. The fourth-order valence-corrected chi connectivity index (χ4v) is 4.12. The van der Waals surface area contributed by atoms with Crippen LogP contribution in [0.3, 0.4) is 0 Å². The molecule has 0 fully saturated rings. The molecule has 0 radical (unpaired) electrons. The smallest absolute Gasteiger partial charge is 0.250 e. The molecule has 0 spiro atoms. The molecule has 0 aliphatic heterocycles. The van der Waals surface area contributed by atoms with Crippen LogP contribution in [0.25, 0.3) is 22.2 Å². The van der Waals surface area contributed by atoms with Crippen molar-refractivity contribution in [2.45, 2.75) is 18.2 Å². The molecule has 5 aromatic rings. The zero-order valence-electron chi connectivity index (χ0n) is 18.3. The lowest BCUT2D eigenvalue weighted by atomic mass is 10.1. The summed E-state index contributed by atoms with van der Waals surface area (Å²) in [5.41, 5.74) is 10.6. The Kier molecular flexibility index (Phi) is 6.01. The minimum Gasteiger partial charge on any atom is -0.487 e. The Bertz CT molecular complexity index is 1450. The quantitative estimate of drug-likeness (QED) is 0.327. The Morgan fingerprint density at radius 2 is 1.82 bits per heavy atom. The lowest BCUT2D eigenvalue weighted by Gasteiger charge is -2.10. The number of carbonyl (C=O) groups excluding carboxylic acids is 1. The second-order valence-electron chi connectivity index (χ2n) is 7.91. The summed E-state index contributed by atoms with van der Waals surface area (Å²) in [6.45, 7) is 1.11. The van der Waals surface area contributed by atoms with Crippen molar-refractivity contribution in [3.8, 4) is 17.0 Å². The first-order valence-corrected chi connectivity index (χ1v) is 11.2. The van der Waals surface area contributed by atoms with Gasteiger partial charge in [0.2, 0.25) is 5.91 Å². The van der Waals surface area contributed by atoms with Gasteiger partial charge in [-0.2, -0.15) is 0 Å². The highest BCUT2D eigenvalue weighted by Gasteiger charge is 2.10. The number of nitrogens with zero attached hydrogens (tertiary/aromatic N) is 3. The predicted molar refractivity (Wildman–Crippen MR) is 135 cm³/mol. The van der Waals surface area contributed by atoms with Gasteiger partial charge in [0.05, 0.1) is 22.0 Å². The van der Waals surface area contributed by atoms with E-state index >= 15 is 0 Å². The van der Waals surface area contributed by atoms with Crippen LogP contribution in [0.1, 0.15) is 21.6 Å². The van der Waals surface area contributed by atoms with E-state index in [1.807, 2.05) is 48.5 Å². The van der Waals surface area contributed by atoms with Gasteiger partial charge in [-0.3, -0.25) is 14.8 Å². The van der Waals surface area contributed by atoms with Crippen LogP contribution in [0.4, 0.5) is 0 Å². The van der Waals surface area contributed by atoms with Crippen molar-refractivity contribution in [2.75, 3.05) is 0 Å². The van der Waals surface area contributed by atoms with E-state index in [0.29, 0.717) is 18.7 Å². The zero-order valence-corrected chi connectivity index (χ0v) is 19.2. The number of aromatic nitrogens is 3. The molecule has 0 aliphatic rings. The number of nitrogens with two attached hydrogens (primary N) is 1. The van der Waals surface area contributed by atoms with Gasteiger partial charge in [0, 0.05) is 35.4 Å². The highest BCUT2D eigenvalue weighted by Crippen LogP contribution is 2.28. The summed E-state index contributed by atoms with van der Waals surface area (Å²) < 4.78 is 8.08. The molecule has 168 valence electrons. The summed E-state index contributed by atoms with van der Waals surface area (Å²) in [7, 11) is 0. The molecule has 3 aromatic heterocycles. The number of thiol groups is 1. The predicted octanol–water partition coefficient (Wildman–Crippen LogP) is 5.11. The SMILES string of the molecule is NC(=O)c1ccc(-c2ccc(Cn3c(S)cc4cc(OCc5ccccn5)ccc43)cc2)nc1. The molecule has 0 bridgehead atoms. The van der Waals surface area contributed by atoms with Crippen molar-refractivity contribution >= 4 is 29.4 Å². The summed E-state index contributed by atoms with van der Waals surface area (Å²) in [6.07, 6.45) is 3.26. The van der Waals surface area contributed by atoms with Gasteiger partial charge in [-0.05, 0) is 54.1 Å². The van der Waals surface area contributed by atoms with Crippen molar-refractivity contribution in [3.63, 3.8) is 0 Å². The van der Waals surface area contributed by atoms with Gasteiger partial charge in [0.15, 0.2) is 0 Å². The zero-order chi connectivity index (χ0) is 23.5. The van der Waals surface area contributed by atoms with E-state index in [2.05, 4.69) is 32.7 Å². The fourth-order valence-electron chi connectivity index (χ4n) is 3.81. The van der Waals surface area contributed by atoms with Crippen molar-refractivity contribution < 1.29 is 9.53 Å². The third-order valence-electron chi connectivity index (χ3n) is 5.60. The second kappa shape index (κ2) is 9.41. The maximum Gasteiger partial charge on any atom is 0.250 e. The average molecular weight is 467 g/mol. The van der Waals surface area contributed by atoms with Crippen LogP contribution in [0.15, 0.2) is 96.3 Å². The number of carbonyl (C=O) groups is 1. The largest absolute Gasteiger partial charge is 0.487 e. The number of benzene rings is 2. The topological polar surface area (TPSA) is 83.0 Å². The maximum atomic E-state index is 11.2. The molecule has 0 atom stereocenters. The summed E-state index contributed by atoms with van der Waals surface area (Å²) in [4.78, 5) is 19.9. The summed E-state index contributed by atoms with van der Waals surface area (Å²) >= 11 is 4.70. The molecule has 34 heavy (non-hydrogen) atoms. The average Bonchev–Trinajstić information content (AvgIpc) is 3.18. The molecule has 3 heterocycles. The molecule has 0 aliphatic carbocycles. The molecule has 2 aromatic carbocycles. The van der Waals surface area contributed by atoms with Gasteiger partial charge in [0.25, 0.3) is 0 Å². The Labute approximate surface area is 202 Å². The lowest BCUT2D eigenvalue weighted by molar-refractivity contribution is 0.1000. The number of primary amides is 1. The number of pyridine rings is 2. The van der Waals surface area contributed by atoms with Crippen LogP contribution in [0.2, 0.25) is 0 Å². The second-order valence-corrected chi connectivity index (χ2v) is 8.37. The van der Waals surface area contributed by atoms with Gasteiger partial charge in [-0.15, -0.1) is 12.6 Å². The van der Waals surface area contributed by atoms with E-state index in [1.54, 1.807) is 18.3 Å². The number of hydrogen-bond donors (Lipinski definition) is 2. The molecule has 6 nitrogen and oxygen atoms in total. The van der Waals surface area contributed by atoms with Crippen molar-refractivity contribution in [1.82, 2.24) is 14.5 Å². The normalized spacial score (nSPS) is 11.0. The first kappa shape index (κ1) is 21.7. The summed E-state index contributed by atoms with van der Waals surface area (Å²) in [5, 5.41) is 1.95. The van der Waals surface area contributed by atoms with E-state index in [4.69, 9.17) is 23.1 Å². The van der Waals surface area contributed by atoms with E-state index < -0.39 is 5.91 Å². The Morgan fingerprint density at radius 3 is 2.53 bits per heavy atom. The third kappa shape index (κ3) is 4.65. The van der Waals surface area contributed by atoms with Gasteiger partial charge in [0.1, 0.15) is 12.4 Å².